The Labute approximate surface area is 113 Å². The van der Waals surface area contributed by atoms with Crippen molar-refractivity contribution >= 4 is 5.91 Å². The van der Waals surface area contributed by atoms with Crippen LogP contribution in [0, 0.1) is 12.7 Å². The van der Waals surface area contributed by atoms with E-state index < -0.39 is 5.82 Å². The van der Waals surface area contributed by atoms with Crippen LogP contribution in [0.4, 0.5) is 4.39 Å². The normalized spacial score (nSPS) is 19.5. The third kappa shape index (κ3) is 3.13. The third-order valence-electron chi connectivity index (χ3n) is 3.74. The van der Waals surface area contributed by atoms with Crippen molar-refractivity contribution in [3.05, 3.63) is 35.1 Å². The monoisotopic (exact) mass is 264 g/mol. The van der Waals surface area contributed by atoms with Crippen LogP contribution in [0.2, 0.25) is 0 Å². The maximum atomic E-state index is 13.8. The van der Waals surface area contributed by atoms with Gasteiger partial charge in [0.15, 0.2) is 0 Å². The van der Waals surface area contributed by atoms with Crippen molar-refractivity contribution in [2.45, 2.75) is 38.6 Å². The molecule has 1 aliphatic heterocycles. The van der Waals surface area contributed by atoms with Crippen LogP contribution >= 0.6 is 0 Å². The van der Waals surface area contributed by atoms with E-state index in [1.807, 2.05) is 6.92 Å². The van der Waals surface area contributed by atoms with Crippen LogP contribution in [0.1, 0.15) is 41.6 Å². The van der Waals surface area contributed by atoms with Crippen LogP contribution in [0.5, 0.6) is 0 Å². The van der Waals surface area contributed by atoms with Gasteiger partial charge in [-0.2, -0.15) is 0 Å². The first-order chi connectivity index (χ1) is 9.13. The Morgan fingerprint density at radius 2 is 2.26 bits per heavy atom. The summed E-state index contributed by atoms with van der Waals surface area (Å²) in [6, 6.07) is 4.83. The molecule has 2 rings (SSSR count). The number of nitrogens with zero attached hydrogens (tertiary/aromatic N) is 1. The highest BCUT2D eigenvalue weighted by atomic mass is 19.1. The van der Waals surface area contributed by atoms with Gasteiger partial charge in [-0.1, -0.05) is 11.6 Å². The molecule has 4 heteroatoms. The summed E-state index contributed by atoms with van der Waals surface area (Å²) in [4.78, 5) is 14.3. The standard InChI is InChI=1S/C15H21FN2O/c1-11-5-6-14(16)13(10-11)15(19)18-9-3-2-4-12(18)7-8-17/h5-6,10,12H,2-4,7-9,17H2,1H3/t12-/m0/s1. The lowest BCUT2D eigenvalue weighted by Gasteiger charge is -2.35. The van der Waals surface area contributed by atoms with Gasteiger partial charge < -0.3 is 10.6 Å². The van der Waals surface area contributed by atoms with Crippen molar-refractivity contribution in [1.82, 2.24) is 4.90 Å². The summed E-state index contributed by atoms with van der Waals surface area (Å²) in [5.41, 5.74) is 6.69. The van der Waals surface area contributed by atoms with Gasteiger partial charge >= 0.3 is 0 Å². The Morgan fingerprint density at radius 1 is 1.47 bits per heavy atom. The van der Waals surface area contributed by atoms with Gasteiger partial charge in [-0.3, -0.25) is 4.79 Å². The lowest BCUT2D eigenvalue weighted by Crippen LogP contribution is -2.44. The summed E-state index contributed by atoms with van der Waals surface area (Å²) < 4.78 is 13.8. The Bertz CT molecular complexity index is 459. The molecule has 0 bridgehead atoms. The van der Waals surface area contributed by atoms with Gasteiger partial charge in [-0.15, -0.1) is 0 Å². The lowest BCUT2D eigenvalue weighted by molar-refractivity contribution is 0.0600. The minimum absolute atomic E-state index is 0.158. The van der Waals surface area contributed by atoms with E-state index in [9.17, 15) is 9.18 Å². The largest absolute Gasteiger partial charge is 0.336 e. The minimum atomic E-state index is -0.437. The van der Waals surface area contributed by atoms with Crippen LogP contribution in [0.3, 0.4) is 0 Å². The second-order valence-electron chi connectivity index (χ2n) is 5.21. The van der Waals surface area contributed by atoms with E-state index in [-0.39, 0.29) is 17.5 Å². The van der Waals surface area contributed by atoms with E-state index in [1.54, 1.807) is 17.0 Å². The third-order valence-corrected chi connectivity index (χ3v) is 3.74. The molecule has 2 N–H and O–H groups in total. The first kappa shape index (κ1) is 14.0. The zero-order chi connectivity index (χ0) is 13.8. The number of carbonyl (C=O) groups is 1. The van der Waals surface area contributed by atoms with Gasteiger partial charge in [-0.05, 0) is 51.3 Å². The zero-order valence-electron chi connectivity index (χ0n) is 11.4. The first-order valence-corrected chi connectivity index (χ1v) is 6.90. The fraction of sp³-hybridized carbons (Fsp3) is 0.533. The molecule has 1 aliphatic rings. The molecular formula is C15H21FN2O. The Kier molecular flexibility index (Phi) is 4.53. The molecule has 1 amide bonds. The molecule has 1 saturated heterocycles. The quantitative estimate of drug-likeness (QED) is 0.911. The number of aryl methyl sites for hydroxylation is 1. The predicted molar refractivity (Wildman–Crippen MR) is 73.5 cm³/mol. The molecule has 0 aromatic heterocycles. The summed E-state index contributed by atoms with van der Waals surface area (Å²) in [6.07, 6.45) is 3.86. The second-order valence-corrected chi connectivity index (χ2v) is 5.21. The number of amides is 1. The first-order valence-electron chi connectivity index (χ1n) is 6.90. The molecular weight excluding hydrogens is 243 g/mol. The second kappa shape index (κ2) is 6.15. The molecule has 104 valence electrons. The van der Waals surface area contributed by atoms with E-state index in [1.165, 1.54) is 6.07 Å². The maximum Gasteiger partial charge on any atom is 0.257 e. The highest BCUT2D eigenvalue weighted by molar-refractivity contribution is 5.95. The molecule has 0 spiro atoms. The average Bonchev–Trinajstić information content (AvgIpc) is 2.42. The van der Waals surface area contributed by atoms with E-state index >= 15 is 0 Å². The van der Waals surface area contributed by atoms with Crippen molar-refractivity contribution in [3.8, 4) is 0 Å². The van der Waals surface area contributed by atoms with Crippen molar-refractivity contribution in [1.29, 1.82) is 0 Å². The molecule has 3 nitrogen and oxygen atoms in total. The van der Waals surface area contributed by atoms with Gasteiger partial charge in [0.2, 0.25) is 0 Å². The fourth-order valence-electron chi connectivity index (χ4n) is 2.72. The summed E-state index contributed by atoms with van der Waals surface area (Å²) >= 11 is 0. The van der Waals surface area contributed by atoms with Gasteiger partial charge in [0, 0.05) is 12.6 Å². The van der Waals surface area contributed by atoms with Crippen molar-refractivity contribution in [3.63, 3.8) is 0 Å². The molecule has 0 unspecified atom stereocenters. The van der Waals surface area contributed by atoms with E-state index in [0.717, 1.165) is 31.2 Å². The average molecular weight is 264 g/mol. The summed E-state index contributed by atoms with van der Waals surface area (Å²) in [5, 5.41) is 0. The van der Waals surface area contributed by atoms with Crippen molar-refractivity contribution in [2.24, 2.45) is 5.73 Å². The Morgan fingerprint density at radius 3 is 3.00 bits per heavy atom. The molecule has 1 aromatic rings. The van der Waals surface area contributed by atoms with Crippen LogP contribution < -0.4 is 5.73 Å². The number of benzene rings is 1. The maximum absolute atomic E-state index is 13.8. The van der Waals surface area contributed by atoms with Crippen LogP contribution in [-0.4, -0.2) is 29.9 Å². The van der Waals surface area contributed by atoms with Gasteiger partial charge in [-0.25, -0.2) is 4.39 Å². The summed E-state index contributed by atoms with van der Waals surface area (Å²) in [7, 11) is 0. The van der Waals surface area contributed by atoms with Gasteiger partial charge in [0.25, 0.3) is 5.91 Å². The predicted octanol–water partition coefficient (Wildman–Crippen LogP) is 2.48. The lowest BCUT2D eigenvalue weighted by atomic mass is 9.98. The fourth-order valence-corrected chi connectivity index (χ4v) is 2.72. The van der Waals surface area contributed by atoms with Crippen LogP contribution in [-0.2, 0) is 0 Å². The van der Waals surface area contributed by atoms with Crippen molar-refractivity contribution in [2.75, 3.05) is 13.1 Å². The molecule has 1 aromatic carbocycles. The Hall–Kier alpha value is -1.42. The minimum Gasteiger partial charge on any atom is -0.336 e. The smallest absolute Gasteiger partial charge is 0.257 e. The molecule has 1 atom stereocenters. The van der Waals surface area contributed by atoms with E-state index in [0.29, 0.717) is 13.1 Å². The SMILES string of the molecule is Cc1ccc(F)c(C(=O)N2CCCC[C@H]2CCN)c1. The number of hydrogen-bond donors (Lipinski definition) is 1. The summed E-state index contributed by atoms with van der Waals surface area (Å²) in [5.74, 6) is -0.632. The number of nitrogens with two attached hydrogens (primary N) is 1. The van der Waals surface area contributed by atoms with Crippen LogP contribution in [0.15, 0.2) is 18.2 Å². The zero-order valence-corrected chi connectivity index (χ0v) is 11.4. The number of likely N-dealkylation sites (tertiary alicyclic amines) is 1. The van der Waals surface area contributed by atoms with E-state index in [4.69, 9.17) is 5.73 Å². The van der Waals surface area contributed by atoms with Crippen LogP contribution in [0.25, 0.3) is 0 Å². The highest BCUT2D eigenvalue weighted by Crippen LogP contribution is 2.23. The topological polar surface area (TPSA) is 46.3 Å². The number of carbonyl (C=O) groups excluding carboxylic acids is 1. The van der Waals surface area contributed by atoms with Crippen molar-refractivity contribution < 1.29 is 9.18 Å². The number of hydrogen-bond acceptors (Lipinski definition) is 2. The molecule has 1 fully saturated rings. The number of rotatable bonds is 3. The van der Waals surface area contributed by atoms with E-state index in [2.05, 4.69) is 0 Å². The molecule has 0 saturated carbocycles. The molecule has 19 heavy (non-hydrogen) atoms. The number of piperidine rings is 1. The van der Waals surface area contributed by atoms with Gasteiger partial charge in [0.05, 0.1) is 5.56 Å². The molecule has 0 aliphatic carbocycles. The molecule has 1 heterocycles. The van der Waals surface area contributed by atoms with Gasteiger partial charge in [0.1, 0.15) is 5.82 Å². The number of halogens is 1. The molecule has 0 radical (unpaired) electrons. The Balaban J connectivity index is 2.23. The highest BCUT2D eigenvalue weighted by Gasteiger charge is 2.28. The summed E-state index contributed by atoms with van der Waals surface area (Å²) in [6.45, 7) is 3.13.